The lowest BCUT2D eigenvalue weighted by atomic mass is 10.2. The zero-order valence-electron chi connectivity index (χ0n) is 14.5. The summed E-state index contributed by atoms with van der Waals surface area (Å²) in [6.45, 7) is 5.35. The number of primary sulfonamides is 1. The van der Waals surface area contributed by atoms with Gasteiger partial charge in [0.1, 0.15) is 5.01 Å². The molecule has 0 bridgehead atoms. The van der Waals surface area contributed by atoms with Gasteiger partial charge >= 0.3 is 0 Å². The van der Waals surface area contributed by atoms with Crippen LogP contribution in [0.2, 0.25) is 0 Å². The number of benzene rings is 1. The van der Waals surface area contributed by atoms with E-state index in [1.54, 1.807) is 30.5 Å². The van der Waals surface area contributed by atoms with Gasteiger partial charge in [0.25, 0.3) is 0 Å². The molecule has 0 saturated carbocycles. The minimum Gasteiger partial charge on any atom is -0.352 e. The Bertz CT molecular complexity index is 826. The Kier molecular flexibility index (Phi) is 6.51. The maximum atomic E-state index is 11.2. The number of thiazole rings is 1. The number of aromatic nitrogens is 1. The summed E-state index contributed by atoms with van der Waals surface area (Å²) in [5.74, 6) is 1.07. The number of hydrogen-bond acceptors (Lipinski definition) is 5. The van der Waals surface area contributed by atoms with Crippen molar-refractivity contribution in [2.45, 2.75) is 37.8 Å². The van der Waals surface area contributed by atoms with E-state index in [1.807, 2.05) is 0 Å². The highest BCUT2D eigenvalue weighted by molar-refractivity contribution is 7.89. The second-order valence-electron chi connectivity index (χ2n) is 5.79. The molecule has 0 atom stereocenters. The van der Waals surface area contributed by atoms with E-state index in [9.17, 15) is 8.42 Å². The monoisotopic (exact) mass is 381 g/mol. The third kappa shape index (κ3) is 5.80. The fraction of sp³-hybridized carbons (Fsp3) is 0.375. The van der Waals surface area contributed by atoms with Gasteiger partial charge in [0.05, 0.1) is 17.1 Å². The SMILES string of the molecule is CN=C(NCc1ccc(S(N)(=O)=O)cc1)NCc1nc(C(C)C)cs1. The molecule has 0 amide bonds. The van der Waals surface area contributed by atoms with Gasteiger partial charge in [-0.1, -0.05) is 26.0 Å². The van der Waals surface area contributed by atoms with E-state index in [-0.39, 0.29) is 4.90 Å². The van der Waals surface area contributed by atoms with Gasteiger partial charge in [-0.2, -0.15) is 0 Å². The Balaban J connectivity index is 1.87. The second-order valence-corrected chi connectivity index (χ2v) is 8.29. The molecule has 136 valence electrons. The van der Waals surface area contributed by atoms with Crippen molar-refractivity contribution in [2.75, 3.05) is 7.05 Å². The molecule has 0 unspecified atom stereocenters. The van der Waals surface area contributed by atoms with E-state index in [4.69, 9.17) is 5.14 Å². The van der Waals surface area contributed by atoms with E-state index < -0.39 is 10.0 Å². The molecule has 0 aliphatic rings. The molecule has 2 rings (SSSR count). The Morgan fingerprint density at radius 1 is 1.24 bits per heavy atom. The number of guanidine groups is 1. The third-order valence-electron chi connectivity index (χ3n) is 3.50. The van der Waals surface area contributed by atoms with Crippen molar-refractivity contribution in [1.82, 2.24) is 15.6 Å². The zero-order valence-corrected chi connectivity index (χ0v) is 16.1. The molecule has 0 aliphatic heterocycles. The van der Waals surface area contributed by atoms with Crippen LogP contribution in [-0.2, 0) is 23.1 Å². The van der Waals surface area contributed by atoms with Crippen molar-refractivity contribution in [3.8, 4) is 0 Å². The first kappa shape index (κ1) is 19.4. The molecule has 1 aromatic heterocycles. The summed E-state index contributed by atoms with van der Waals surface area (Å²) in [7, 11) is -1.97. The van der Waals surface area contributed by atoms with Gasteiger partial charge in [0.2, 0.25) is 10.0 Å². The Morgan fingerprint density at radius 3 is 2.40 bits per heavy atom. The molecule has 9 heteroatoms. The van der Waals surface area contributed by atoms with Crippen LogP contribution in [0.15, 0.2) is 39.5 Å². The summed E-state index contributed by atoms with van der Waals surface area (Å²) >= 11 is 1.62. The number of nitrogens with one attached hydrogen (secondary N) is 2. The number of nitrogens with zero attached hydrogens (tertiary/aromatic N) is 2. The second kappa shape index (κ2) is 8.41. The van der Waals surface area contributed by atoms with Crippen LogP contribution in [0.1, 0.15) is 36.0 Å². The van der Waals surface area contributed by atoms with Gasteiger partial charge in [-0.25, -0.2) is 18.5 Å². The Morgan fingerprint density at radius 2 is 1.88 bits per heavy atom. The predicted molar refractivity (Wildman–Crippen MR) is 101 cm³/mol. The maximum Gasteiger partial charge on any atom is 0.238 e. The van der Waals surface area contributed by atoms with Gasteiger partial charge in [0, 0.05) is 19.0 Å². The van der Waals surface area contributed by atoms with Crippen LogP contribution in [0.5, 0.6) is 0 Å². The molecule has 1 heterocycles. The molecule has 7 nitrogen and oxygen atoms in total. The first-order chi connectivity index (χ1) is 11.8. The number of hydrogen-bond donors (Lipinski definition) is 3. The summed E-state index contributed by atoms with van der Waals surface area (Å²) in [6.07, 6.45) is 0. The van der Waals surface area contributed by atoms with Crippen LogP contribution >= 0.6 is 11.3 Å². The number of nitrogens with two attached hydrogens (primary N) is 1. The molecular formula is C16H23N5O2S2. The van der Waals surface area contributed by atoms with Crippen LogP contribution in [-0.4, -0.2) is 26.4 Å². The lowest BCUT2D eigenvalue weighted by Crippen LogP contribution is -2.36. The molecule has 0 aliphatic carbocycles. The molecule has 0 spiro atoms. The van der Waals surface area contributed by atoms with Crippen LogP contribution in [0, 0.1) is 0 Å². The van der Waals surface area contributed by atoms with Crippen molar-refractivity contribution >= 4 is 27.3 Å². The van der Waals surface area contributed by atoms with E-state index in [1.165, 1.54) is 12.1 Å². The average molecular weight is 382 g/mol. The molecule has 0 fully saturated rings. The van der Waals surface area contributed by atoms with E-state index in [2.05, 4.69) is 39.8 Å². The molecule has 1 aromatic carbocycles. The predicted octanol–water partition coefficient (Wildman–Crippen LogP) is 1.78. The average Bonchev–Trinajstić information content (AvgIpc) is 3.04. The number of rotatable bonds is 6. The van der Waals surface area contributed by atoms with Crippen molar-refractivity contribution in [3.63, 3.8) is 0 Å². The highest BCUT2D eigenvalue weighted by atomic mass is 32.2. The van der Waals surface area contributed by atoms with Crippen molar-refractivity contribution in [3.05, 3.63) is 45.9 Å². The third-order valence-corrected chi connectivity index (χ3v) is 5.30. The minimum atomic E-state index is -3.66. The highest BCUT2D eigenvalue weighted by Crippen LogP contribution is 2.17. The van der Waals surface area contributed by atoms with E-state index in [0.29, 0.717) is 25.0 Å². The van der Waals surface area contributed by atoms with Crippen LogP contribution < -0.4 is 15.8 Å². The zero-order chi connectivity index (χ0) is 18.4. The van der Waals surface area contributed by atoms with Crippen LogP contribution in [0.25, 0.3) is 0 Å². The van der Waals surface area contributed by atoms with Gasteiger partial charge < -0.3 is 10.6 Å². The topological polar surface area (TPSA) is 109 Å². The molecule has 25 heavy (non-hydrogen) atoms. The lowest BCUT2D eigenvalue weighted by molar-refractivity contribution is 0.597. The summed E-state index contributed by atoms with van der Waals surface area (Å²) < 4.78 is 22.5. The first-order valence-electron chi connectivity index (χ1n) is 7.80. The van der Waals surface area contributed by atoms with Crippen LogP contribution in [0.3, 0.4) is 0 Å². The van der Waals surface area contributed by atoms with Gasteiger partial charge in [0.15, 0.2) is 5.96 Å². The highest BCUT2D eigenvalue weighted by Gasteiger charge is 2.08. The fourth-order valence-corrected chi connectivity index (χ4v) is 3.44. The standard InChI is InChI=1S/C16H23N5O2S2/c1-11(2)14-10-24-15(21-14)9-20-16(18-3)19-8-12-4-6-13(7-5-12)25(17,22)23/h4-7,10-11H,8-9H2,1-3H3,(H2,17,22,23)(H2,18,19,20). The van der Waals surface area contributed by atoms with E-state index in [0.717, 1.165) is 16.3 Å². The first-order valence-corrected chi connectivity index (χ1v) is 10.2. The van der Waals surface area contributed by atoms with Crippen molar-refractivity contribution < 1.29 is 8.42 Å². The van der Waals surface area contributed by atoms with Gasteiger partial charge in [-0.15, -0.1) is 11.3 Å². The molecule has 4 N–H and O–H groups in total. The Labute approximate surface area is 152 Å². The summed E-state index contributed by atoms with van der Waals surface area (Å²) in [5.41, 5.74) is 2.02. The fourth-order valence-electron chi connectivity index (χ4n) is 2.03. The minimum absolute atomic E-state index is 0.100. The molecule has 2 aromatic rings. The van der Waals surface area contributed by atoms with E-state index >= 15 is 0 Å². The molecule has 0 radical (unpaired) electrons. The molecule has 0 saturated heterocycles. The summed E-state index contributed by atoms with van der Waals surface area (Å²) in [5, 5.41) is 14.6. The maximum absolute atomic E-state index is 11.2. The smallest absolute Gasteiger partial charge is 0.238 e. The van der Waals surface area contributed by atoms with Gasteiger partial charge in [-0.3, -0.25) is 4.99 Å². The normalized spacial score (nSPS) is 12.4. The number of sulfonamides is 1. The quantitative estimate of drug-likeness (QED) is 0.522. The van der Waals surface area contributed by atoms with Crippen molar-refractivity contribution in [2.24, 2.45) is 10.1 Å². The lowest BCUT2D eigenvalue weighted by Gasteiger charge is -2.11. The van der Waals surface area contributed by atoms with Crippen molar-refractivity contribution in [1.29, 1.82) is 0 Å². The summed E-state index contributed by atoms with van der Waals surface area (Å²) in [4.78, 5) is 8.84. The number of aliphatic imine (C=N–C) groups is 1. The largest absolute Gasteiger partial charge is 0.352 e. The van der Waals surface area contributed by atoms with Crippen LogP contribution in [0.4, 0.5) is 0 Å². The van der Waals surface area contributed by atoms with Gasteiger partial charge in [-0.05, 0) is 23.6 Å². The summed E-state index contributed by atoms with van der Waals surface area (Å²) in [6, 6.07) is 6.42. The molecular weight excluding hydrogens is 358 g/mol. The Hall–Kier alpha value is -1.97.